The molecule has 0 spiro atoms. The fraction of sp³-hybridized carbons (Fsp3) is 0.280. The number of pyridine rings is 2. The summed E-state index contributed by atoms with van der Waals surface area (Å²) in [7, 11) is 0. The predicted molar refractivity (Wildman–Crippen MR) is 127 cm³/mol. The van der Waals surface area contributed by atoms with Crippen molar-refractivity contribution in [3.63, 3.8) is 0 Å². The summed E-state index contributed by atoms with van der Waals surface area (Å²) in [5.74, 6) is 0. The van der Waals surface area contributed by atoms with E-state index in [4.69, 9.17) is 0 Å². The van der Waals surface area contributed by atoms with Crippen molar-refractivity contribution < 1.29 is 0 Å². The minimum Gasteiger partial charge on any atom is -0.368 e. The quantitative estimate of drug-likeness (QED) is 0.489. The van der Waals surface area contributed by atoms with Gasteiger partial charge in [0.1, 0.15) is 0 Å². The first kappa shape index (κ1) is 20.3. The normalized spacial score (nSPS) is 14.7. The van der Waals surface area contributed by atoms with Gasteiger partial charge >= 0.3 is 0 Å². The molecule has 0 aliphatic carbocycles. The minimum absolute atomic E-state index is 0.0693. The number of benzene rings is 1. The maximum absolute atomic E-state index is 12.3. The van der Waals surface area contributed by atoms with Gasteiger partial charge in [0.25, 0.3) is 5.56 Å². The lowest BCUT2D eigenvalue weighted by atomic mass is 10.1. The van der Waals surface area contributed by atoms with Gasteiger partial charge in [0.05, 0.1) is 17.8 Å². The van der Waals surface area contributed by atoms with Crippen LogP contribution in [0.25, 0.3) is 22.2 Å². The molecule has 162 valence electrons. The van der Waals surface area contributed by atoms with Crippen molar-refractivity contribution in [2.24, 2.45) is 0 Å². The molecule has 0 radical (unpaired) electrons. The fourth-order valence-electron chi connectivity index (χ4n) is 4.28. The summed E-state index contributed by atoms with van der Waals surface area (Å²) < 4.78 is 1.57. The van der Waals surface area contributed by atoms with Crippen molar-refractivity contribution in [1.29, 1.82) is 0 Å². The minimum atomic E-state index is -0.0693. The topological polar surface area (TPSA) is 67.2 Å². The molecule has 0 N–H and O–H groups in total. The van der Waals surface area contributed by atoms with E-state index in [-0.39, 0.29) is 5.56 Å². The Morgan fingerprint density at radius 3 is 2.50 bits per heavy atom. The van der Waals surface area contributed by atoms with Crippen LogP contribution in [0.2, 0.25) is 0 Å². The highest BCUT2D eigenvalue weighted by Gasteiger charge is 2.19. The van der Waals surface area contributed by atoms with Crippen LogP contribution in [-0.2, 0) is 6.54 Å². The molecule has 1 aromatic carbocycles. The lowest BCUT2D eigenvalue weighted by molar-refractivity contribution is 0.243. The van der Waals surface area contributed by atoms with Crippen LogP contribution in [-0.4, -0.2) is 57.4 Å². The van der Waals surface area contributed by atoms with Crippen molar-refractivity contribution in [3.05, 3.63) is 83.0 Å². The van der Waals surface area contributed by atoms with Gasteiger partial charge in [0.2, 0.25) is 0 Å². The molecule has 0 bridgehead atoms. The highest BCUT2D eigenvalue weighted by molar-refractivity contribution is 5.92. The third kappa shape index (κ3) is 4.24. The number of fused-ring (bicyclic) bond motifs is 1. The summed E-state index contributed by atoms with van der Waals surface area (Å²) >= 11 is 0. The Bertz CT molecular complexity index is 1280. The van der Waals surface area contributed by atoms with Crippen LogP contribution in [0.3, 0.4) is 0 Å². The number of piperazine rings is 1. The molecule has 3 aromatic heterocycles. The Hall–Kier alpha value is -3.58. The summed E-state index contributed by atoms with van der Waals surface area (Å²) in [5.41, 5.74) is 5.03. The number of aryl methyl sites for hydroxylation is 1. The van der Waals surface area contributed by atoms with E-state index in [2.05, 4.69) is 56.1 Å². The molecule has 0 saturated carbocycles. The van der Waals surface area contributed by atoms with E-state index >= 15 is 0 Å². The van der Waals surface area contributed by atoms with Crippen LogP contribution < -0.4 is 10.5 Å². The number of hydrogen-bond donors (Lipinski definition) is 0. The molecular formula is C25H26N6O. The van der Waals surface area contributed by atoms with Gasteiger partial charge in [-0.05, 0) is 37.3 Å². The Morgan fingerprint density at radius 2 is 1.69 bits per heavy atom. The van der Waals surface area contributed by atoms with Crippen LogP contribution in [0.15, 0.2) is 71.8 Å². The lowest BCUT2D eigenvalue weighted by Crippen LogP contribution is -2.47. The Morgan fingerprint density at radius 1 is 0.906 bits per heavy atom. The first-order chi connectivity index (χ1) is 15.7. The van der Waals surface area contributed by atoms with Crippen LogP contribution in [0, 0.1) is 6.92 Å². The molecule has 4 aromatic rings. The standard InChI is InChI=1S/C25H26N6O/c1-19-18-24(21-4-2-3-5-23(21)27-19)30-15-12-29(13-16-30)14-17-31-25(32)7-6-22(28-31)20-8-10-26-11-9-20/h2-11,18H,12-17H2,1H3. The van der Waals surface area contributed by atoms with Gasteiger partial charge in [-0.3, -0.25) is 19.7 Å². The first-order valence-corrected chi connectivity index (χ1v) is 11.0. The number of hydrogen-bond acceptors (Lipinski definition) is 6. The van der Waals surface area contributed by atoms with Gasteiger partial charge < -0.3 is 4.90 Å². The van der Waals surface area contributed by atoms with Crippen LogP contribution >= 0.6 is 0 Å². The summed E-state index contributed by atoms with van der Waals surface area (Å²) in [6.07, 6.45) is 3.47. The molecule has 7 nitrogen and oxygen atoms in total. The molecule has 5 rings (SSSR count). The summed E-state index contributed by atoms with van der Waals surface area (Å²) in [6, 6.07) is 17.7. The number of rotatable bonds is 5. The zero-order valence-corrected chi connectivity index (χ0v) is 18.2. The zero-order valence-electron chi connectivity index (χ0n) is 18.2. The maximum Gasteiger partial charge on any atom is 0.266 e. The Balaban J connectivity index is 1.24. The third-order valence-electron chi connectivity index (χ3n) is 6.01. The Kier molecular flexibility index (Phi) is 5.64. The van der Waals surface area contributed by atoms with E-state index < -0.39 is 0 Å². The fourth-order valence-corrected chi connectivity index (χ4v) is 4.28. The van der Waals surface area contributed by atoms with Crippen molar-refractivity contribution in [1.82, 2.24) is 24.6 Å². The van der Waals surface area contributed by atoms with Gasteiger partial charge in [-0.25, -0.2) is 4.68 Å². The van der Waals surface area contributed by atoms with Gasteiger partial charge in [-0.15, -0.1) is 0 Å². The van der Waals surface area contributed by atoms with Crippen molar-refractivity contribution in [2.75, 3.05) is 37.6 Å². The average molecular weight is 427 g/mol. The molecule has 7 heteroatoms. The SMILES string of the molecule is Cc1cc(N2CCN(CCn3nc(-c4ccncc4)ccc3=O)CC2)c2ccccc2n1. The highest BCUT2D eigenvalue weighted by atomic mass is 16.1. The van der Waals surface area contributed by atoms with Gasteiger partial charge in [0, 0.05) is 73.5 Å². The van der Waals surface area contributed by atoms with Crippen LogP contribution in [0.1, 0.15) is 5.69 Å². The molecule has 1 saturated heterocycles. The van der Waals surface area contributed by atoms with Crippen LogP contribution in [0.4, 0.5) is 5.69 Å². The van der Waals surface area contributed by atoms with E-state index in [0.717, 1.165) is 55.2 Å². The van der Waals surface area contributed by atoms with E-state index in [1.54, 1.807) is 29.2 Å². The van der Waals surface area contributed by atoms with Crippen LogP contribution in [0.5, 0.6) is 0 Å². The predicted octanol–water partition coefficient (Wildman–Crippen LogP) is 2.98. The molecule has 0 unspecified atom stereocenters. The van der Waals surface area contributed by atoms with E-state index in [1.165, 1.54) is 11.1 Å². The molecule has 1 aliphatic heterocycles. The second-order valence-corrected chi connectivity index (χ2v) is 8.14. The second-order valence-electron chi connectivity index (χ2n) is 8.14. The van der Waals surface area contributed by atoms with Gasteiger partial charge in [-0.2, -0.15) is 5.10 Å². The van der Waals surface area contributed by atoms with Crippen molar-refractivity contribution in [2.45, 2.75) is 13.5 Å². The van der Waals surface area contributed by atoms with Crippen molar-refractivity contribution >= 4 is 16.6 Å². The molecule has 4 heterocycles. The lowest BCUT2D eigenvalue weighted by Gasteiger charge is -2.36. The highest BCUT2D eigenvalue weighted by Crippen LogP contribution is 2.27. The number of nitrogens with zero attached hydrogens (tertiary/aromatic N) is 6. The first-order valence-electron chi connectivity index (χ1n) is 11.0. The van der Waals surface area contributed by atoms with E-state index in [1.807, 2.05) is 18.2 Å². The summed E-state index contributed by atoms with van der Waals surface area (Å²) in [4.78, 5) is 25.9. The molecule has 1 fully saturated rings. The molecule has 0 atom stereocenters. The summed E-state index contributed by atoms with van der Waals surface area (Å²) in [5, 5.41) is 5.77. The molecule has 32 heavy (non-hydrogen) atoms. The zero-order chi connectivity index (χ0) is 21.9. The largest absolute Gasteiger partial charge is 0.368 e. The third-order valence-corrected chi connectivity index (χ3v) is 6.01. The second kappa shape index (κ2) is 8.88. The maximum atomic E-state index is 12.3. The number of para-hydroxylation sites is 1. The molecule has 1 aliphatic rings. The van der Waals surface area contributed by atoms with Gasteiger partial charge in [0.15, 0.2) is 0 Å². The average Bonchev–Trinajstić information content (AvgIpc) is 2.84. The van der Waals surface area contributed by atoms with Crippen molar-refractivity contribution in [3.8, 4) is 11.3 Å². The number of anilines is 1. The number of aromatic nitrogens is 4. The van der Waals surface area contributed by atoms with Gasteiger partial charge in [-0.1, -0.05) is 18.2 Å². The summed E-state index contributed by atoms with van der Waals surface area (Å²) in [6.45, 7) is 7.24. The van der Waals surface area contributed by atoms with E-state index in [0.29, 0.717) is 6.54 Å². The molecular weight excluding hydrogens is 400 g/mol. The smallest absolute Gasteiger partial charge is 0.266 e. The molecule has 0 amide bonds. The van der Waals surface area contributed by atoms with E-state index in [9.17, 15) is 4.79 Å². The monoisotopic (exact) mass is 426 g/mol. The Labute approximate surface area is 187 Å².